The van der Waals surface area contributed by atoms with E-state index in [1.165, 1.54) is 10.8 Å². The number of benzene rings is 2. The fourth-order valence-electron chi connectivity index (χ4n) is 4.70. The molecule has 0 radical (unpaired) electrons. The number of fused-ring (bicyclic) bond motifs is 2. The van der Waals surface area contributed by atoms with Crippen LogP contribution in [-0.2, 0) is 10.0 Å². The molecule has 34 heavy (non-hydrogen) atoms. The Balaban J connectivity index is 1.49. The second-order valence-corrected chi connectivity index (χ2v) is 11.9. The van der Waals surface area contributed by atoms with E-state index in [9.17, 15) is 13.2 Å². The maximum atomic E-state index is 15.2. The number of hydrogen-bond acceptors (Lipinski definition) is 7. The lowest BCUT2D eigenvalue weighted by molar-refractivity contribution is -0.0366. The van der Waals surface area contributed by atoms with Crippen LogP contribution in [0.15, 0.2) is 60.5 Å². The number of sulfonamides is 1. The topological polar surface area (TPSA) is 103 Å². The van der Waals surface area contributed by atoms with Crippen LogP contribution in [-0.4, -0.2) is 23.6 Å². The van der Waals surface area contributed by atoms with Gasteiger partial charge in [0.1, 0.15) is 22.1 Å². The highest BCUT2D eigenvalue weighted by Crippen LogP contribution is 2.50. The van der Waals surface area contributed by atoms with Crippen LogP contribution in [0, 0.1) is 5.82 Å². The van der Waals surface area contributed by atoms with Crippen molar-refractivity contribution in [2.24, 2.45) is 0 Å². The molecule has 4 aromatic rings. The zero-order valence-corrected chi connectivity index (χ0v) is 20.7. The Morgan fingerprint density at radius 3 is 2.79 bits per heavy atom. The normalized spacial score (nSPS) is 18.9. The van der Waals surface area contributed by atoms with Crippen LogP contribution < -0.4 is 15.2 Å². The first-order chi connectivity index (χ1) is 16.2. The Hall–Kier alpha value is -2.70. The van der Waals surface area contributed by atoms with E-state index in [0.717, 1.165) is 52.8 Å². The molecule has 176 valence electrons. The number of oxazole rings is 1. The summed E-state index contributed by atoms with van der Waals surface area (Å²) in [5.41, 5.74) is 0.562. The molecule has 2 aromatic heterocycles. The van der Waals surface area contributed by atoms with Crippen LogP contribution in [0.25, 0.3) is 11.1 Å². The molecule has 1 atom stereocenters. The lowest BCUT2D eigenvalue weighted by Gasteiger charge is -2.48. The molecule has 6 rings (SSSR count). The first-order valence-electron chi connectivity index (χ1n) is 10.5. The summed E-state index contributed by atoms with van der Waals surface area (Å²) in [6.45, 7) is 0. The van der Waals surface area contributed by atoms with Crippen LogP contribution in [0.5, 0.6) is 5.75 Å². The van der Waals surface area contributed by atoms with Gasteiger partial charge < -0.3 is 9.15 Å². The summed E-state index contributed by atoms with van der Waals surface area (Å²) < 4.78 is 56.9. The van der Waals surface area contributed by atoms with Crippen molar-refractivity contribution < 1.29 is 22.0 Å². The van der Waals surface area contributed by atoms with Gasteiger partial charge in [0, 0.05) is 40.2 Å². The molecule has 3 heterocycles. The quantitative estimate of drug-likeness (QED) is 0.371. The van der Waals surface area contributed by atoms with E-state index in [-0.39, 0.29) is 21.8 Å². The molecule has 2 aliphatic rings. The molecular formula is C22H17BrFN3O5S2. The molecule has 1 aliphatic carbocycles. The number of halogens is 2. The Morgan fingerprint density at radius 2 is 2.09 bits per heavy atom. The fourth-order valence-corrected chi connectivity index (χ4v) is 6.94. The maximum Gasteiger partial charge on any atom is 0.420 e. The molecule has 2 aromatic carbocycles. The van der Waals surface area contributed by atoms with Crippen LogP contribution in [0.4, 0.5) is 9.52 Å². The highest BCUT2D eigenvalue weighted by molar-refractivity contribution is 9.10. The second-order valence-electron chi connectivity index (χ2n) is 8.47. The van der Waals surface area contributed by atoms with Gasteiger partial charge in [0.25, 0.3) is 10.0 Å². The van der Waals surface area contributed by atoms with Gasteiger partial charge in [-0.05, 0) is 37.5 Å². The number of nitrogens with one attached hydrogen (secondary N) is 1. The van der Waals surface area contributed by atoms with E-state index in [0.29, 0.717) is 12.2 Å². The van der Waals surface area contributed by atoms with Crippen molar-refractivity contribution in [1.82, 2.24) is 9.55 Å². The number of thiazole rings is 1. The SMILES string of the molecule is O=c1oc2cc(S(=O)(=O)Nc3nccs3)c(F)cc2n1C1CC2(CCC2)Oc2ccc(Br)cc21. The molecule has 1 aliphatic heterocycles. The first kappa shape index (κ1) is 21.8. The predicted octanol–water partition coefficient (Wildman–Crippen LogP) is 5.05. The van der Waals surface area contributed by atoms with E-state index in [1.807, 2.05) is 18.2 Å². The number of nitrogens with zero attached hydrogens (tertiary/aromatic N) is 2. The molecule has 8 nitrogen and oxygen atoms in total. The molecule has 1 fully saturated rings. The molecule has 0 bridgehead atoms. The average Bonchev–Trinajstić information content (AvgIpc) is 3.37. The molecule has 1 N–H and O–H groups in total. The van der Waals surface area contributed by atoms with Crippen molar-refractivity contribution in [3.63, 3.8) is 0 Å². The van der Waals surface area contributed by atoms with Crippen molar-refractivity contribution in [2.45, 2.75) is 42.2 Å². The lowest BCUT2D eigenvalue weighted by Crippen LogP contribution is -2.48. The summed E-state index contributed by atoms with van der Waals surface area (Å²) in [6, 6.07) is 7.23. The number of rotatable bonds is 4. The van der Waals surface area contributed by atoms with Gasteiger partial charge in [-0.1, -0.05) is 15.9 Å². The van der Waals surface area contributed by atoms with E-state index in [2.05, 4.69) is 25.6 Å². The predicted molar refractivity (Wildman–Crippen MR) is 127 cm³/mol. The third kappa shape index (κ3) is 3.46. The highest BCUT2D eigenvalue weighted by atomic mass is 79.9. The van der Waals surface area contributed by atoms with E-state index in [4.69, 9.17) is 9.15 Å². The standard InChI is InChI=1S/C22H17BrFN3O5S2/c23-12-2-3-17-13(8-12)16(11-22(32-17)4-1-5-22)27-15-9-14(24)19(10-18(15)31-21(27)28)34(29,30)26-20-25-6-7-33-20/h2-3,6-10,16H,1,4-5,11H2,(H,25,26). The summed E-state index contributed by atoms with van der Waals surface area (Å²) in [5, 5.41) is 1.70. The van der Waals surface area contributed by atoms with Gasteiger partial charge in [-0.3, -0.25) is 9.29 Å². The maximum absolute atomic E-state index is 15.2. The summed E-state index contributed by atoms with van der Waals surface area (Å²) in [7, 11) is -4.28. The Bertz CT molecular complexity index is 1590. The zero-order valence-electron chi connectivity index (χ0n) is 17.5. The number of hydrogen-bond donors (Lipinski definition) is 1. The van der Waals surface area contributed by atoms with Gasteiger partial charge in [0.15, 0.2) is 10.7 Å². The van der Waals surface area contributed by atoms with Crippen LogP contribution in [0.3, 0.4) is 0 Å². The second kappa shape index (κ2) is 7.65. The third-order valence-corrected chi connectivity index (χ3v) is 9.07. The largest absolute Gasteiger partial charge is 0.487 e. The van der Waals surface area contributed by atoms with E-state index in [1.54, 1.807) is 5.38 Å². The van der Waals surface area contributed by atoms with E-state index >= 15 is 4.39 Å². The van der Waals surface area contributed by atoms with Crippen LogP contribution in [0.2, 0.25) is 0 Å². The smallest absolute Gasteiger partial charge is 0.420 e. The number of anilines is 1. The Morgan fingerprint density at radius 1 is 1.26 bits per heavy atom. The van der Waals surface area contributed by atoms with Gasteiger partial charge in [-0.25, -0.2) is 22.6 Å². The van der Waals surface area contributed by atoms with Gasteiger partial charge in [-0.15, -0.1) is 11.3 Å². The molecule has 12 heteroatoms. The van der Waals surface area contributed by atoms with E-state index < -0.39 is 32.5 Å². The summed E-state index contributed by atoms with van der Waals surface area (Å²) in [6.07, 6.45) is 4.71. The molecule has 0 amide bonds. The molecular weight excluding hydrogens is 549 g/mol. The van der Waals surface area contributed by atoms with Crippen LogP contribution in [0.1, 0.15) is 37.3 Å². The molecule has 1 saturated carbocycles. The number of ether oxygens (including phenoxy) is 1. The Kier molecular flexibility index (Phi) is 4.91. The van der Waals surface area contributed by atoms with Crippen LogP contribution >= 0.6 is 27.3 Å². The first-order valence-corrected chi connectivity index (χ1v) is 13.7. The minimum absolute atomic E-state index is 0.0170. The van der Waals surface area contributed by atoms with Crippen molar-refractivity contribution in [1.29, 1.82) is 0 Å². The Labute approximate surface area is 205 Å². The molecule has 1 spiro atoms. The van der Waals surface area contributed by atoms with Gasteiger partial charge in [0.05, 0.1) is 11.6 Å². The number of aromatic nitrogens is 2. The minimum atomic E-state index is -4.28. The monoisotopic (exact) mass is 565 g/mol. The summed E-state index contributed by atoms with van der Waals surface area (Å²) in [5.74, 6) is -1.01. The van der Waals surface area contributed by atoms with Crippen molar-refractivity contribution >= 4 is 53.5 Å². The average molecular weight is 566 g/mol. The third-order valence-electron chi connectivity index (χ3n) is 6.41. The molecule has 1 unspecified atom stereocenters. The highest BCUT2D eigenvalue weighted by Gasteiger charge is 2.47. The van der Waals surface area contributed by atoms with Gasteiger partial charge in [-0.2, -0.15) is 0 Å². The van der Waals surface area contributed by atoms with Crippen molar-refractivity contribution in [3.05, 3.63) is 68.3 Å². The lowest BCUT2D eigenvalue weighted by atomic mass is 9.73. The van der Waals surface area contributed by atoms with Crippen molar-refractivity contribution in [2.75, 3.05) is 4.72 Å². The van der Waals surface area contributed by atoms with Gasteiger partial charge >= 0.3 is 5.76 Å². The summed E-state index contributed by atoms with van der Waals surface area (Å²) in [4.78, 5) is 16.3. The zero-order chi connectivity index (χ0) is 23.7. The summed E-state index contributed by atoms with van der Waals surface area (Å²) >= 11 is 4.54. The minimum Gasteiger partial charge on any atom is -0.487 e. The van der Waals surface area contributed by atoms with Crippen molar-refractivity contribution in [3.8, 4) is 5.75 Å². The fraction of sp³-hybridized carbons (Fsp3) is 0.273. The molecule has 0 saturated heterocycles. The van der Waals surface area contributed by atoms with Gasteiger partial charge in [0.2, 0.25) is 0 Å².